The van der Waals surface area contributed by atoms with E-state index in [9.17, 15) is 8.42 Å². The van der Waals surface area contributed by atoms with Crippen LogP contribution in [0.4, 0.5) is 0 Å². The lowest BCUT2D eigenvalue weighted by molar-refractivity contribution is 0.364. The summed E-state index contributed by atoms with van der Waals surface area (Å²) in [6, 6.07) is 25.5. The molecule has 0 bridgehead atoms. The van der Waals surface area contributed by atoms with Gasteiger partial charge in [-0.1, -0.05) is 42.5 Å². The summed E-state index contributed by atoms with van der Waals surface area (Å²) in [5, 5.41) is 9.60. The average molecular weight is 402 g/mol. The topological polar surface area (TPSA) is 72.1 Å². The first-order chi connectivity index (χ1) is 14.1. The predicted molar refractivity (Wildman–Crippen MR) is 111 cm³/mol. The Bertz CT molecular complexity index is 1300. The molecule has 0 saturated carbocycles. The highest BCUT2D eigenvalue weighted by Crippen LogP contribution is 2.26. The van der Waals surface area contributed by atoms with Crippen LogP contribution in [0.25, 0.3) is 10.9 Å². The highest BCUT2D eigenvalue weighted by Gasteiger charge is 2.18. The minimum absolute atomic E-state index is 0.00373. The molecule has 0 fully saturated rings. The Morgan fingerprint density at radius 2 is 1.69 bits per heavy atom. The van der Waals surface area contributed by atoms with Crippen molar-refractivity contribution in [2.45, 2.75) is 11.3 Å². The standard InChI is InChI=1S/C23H18N2O3S/c24-13-15-28-23-9-5-4-6-20(23)17-18-10-11-22-19(16-18)12-14-25(22)29(26,27)21-7-2-1-3-8-21/h1-12,14,16H,15,17H2. The van der Waals surface area contributed by atoms with Gasteiger partial charge >= 0.3 is 0 Å². The van der Waals surface area contributed by atoms with E-state index < -0.39 is 10.0 Å². The van der Waals surface area contributed by atoms with Crippen LogP contribution in [0, 0.1) is 11.3 Å². The molecule has 0 saturated heterocycles. The highest BCUT2D eigenvalue weighted by molar-refractivity contribution is 7.90. The molecule has 6 heteroatoms. The van der Waals surface area contributed by atoms with Gasteiger partial charge in [0.1, 0.15) is 11.8 Å². The third-order valence-electron chi connectivity index (χ3n) is 4.68. The molecule has 0 N–H and O–H groups in total. The van der Waals surface area contributed by atoms with Crippen molar-refractivity contribution in [2.75, 3.05) is 6.61 Å². The molecule has 0 aliphatic heterocycles. The SMILES string of the molecule is N#CCOc1ccccc1Cc1ccc2c(ccn2S(=O)(=O)c2ccccc2)c1. The molecule has 4 aromatic rings. The van der Waals surface area contributed by atoms with Crippen LogP contribution in [-0.4, -0.2) is 19.0 Å². The number of aromatic nitrogens is 1. The fraction of sp³-hybridized carbons (Fsp3) is 0.0870. The molecule has 1 aromatic heterocycles. The second-order valence-electron chi connectivity index (χ2n) is 6.55. The van der Waals surface area contributed by atoms with Gasteiger partial charge in [0.05, 0.1) is 10.4 Å². The van der Waals surface area contributed by atoms with Crippen molar-refractivity contribution in [3.05, 3.63) is 96.2 Å². The van der Waals surface area contributed by atoms with Gasteiger partial charge in [0, 0.05) is 18.0 Å². The Morgan fingerprint density at radius 1 is 0.931 bits per heavy atom. The number of ether oxygens (including phenoxy) is 1. The second kappa shape index (κ2) is 7.82. The van der Waals surface area contributed by atoms with Gasteiger partial charge in [-0.05, 0) is 47.5 Å². The summed E-state index contributed by atoms with van der Waals surface area (Å²) < 4.78 is 32.7. The van der Waals surface area contributed by atoms with Gasteiger partial charge in [0.15, 0.2) is 6.61 Å². The largest absolute Gasteiger partial charge is 0.478 e. The van der Waals surface area contributed by atoms with Crippen LogP contribution in [0.3, 0.4) is 0 Å². The van der Waals surface area contributed by atoms with Crippen molar-refractivity contribution in [3.8, 4) is 11.8 Å². The van der Waals surface area contributed by atoms with Crippen molar-refractivity contribution in [1.29, 1.82) is 5.26 Å². The number of nitriles is 1. The normalized spacial score (nSPS) is 11.3. The fourth-order valence-electron chi connectivity index (χ4n) is 3.31. The number of rotatable bonds is 6. The van der Waals surface area contributed by atoms with E-state index in [1.54, 1.807) is 42.6 Å². The van der Waals surface area contributed by atoms with E-state index in [-0.39, 0.29) is 11.5 Å². The Kier molecular flexibility index (Phi) is 5.07. The van der Waals surface area contributed by atoms with Crippen molar-refractivity contribution in [1.82, 2.24) is 3.97 Å². The first-order valence-corrected chi connectivity index (χ1v) is 10.5. The Labute approximate surface area is 169 Å². The lowest BCUT2D eigenvalue weighted by Crippen LogP contribution is -2.11. The number of para-hydroxylation sites is 1. The minimum atomic E-state index is -3.64. The van der Waals surface area contributed by atoms with Gasteiger partial charge in [-0.15, -0.1) is 0 Å². The maximum absolute atomic E-state index is 12.9. The van der Waals surface area contributed by atoms with Gasteiger partial charge < -0.3 is 4.74 Å². The maximum atomic E-state index is 12.9. The van der Waals surface area contributed by atoms with E-state index in [4.69, 9.17) is 10.00 Å². The first-order valence-electron chi connectivity index (χ1n) is 9.08. The number of nitrogens with zero attached hydrogens (tertiary/aromatic N) is 2. The van der Waals surface area contributed by atoms with Crippen LogP contribution in [0.15, 0.2) is 90.0 Å². The quantitative estimate of drug-likeness (QED) is 0.480. The Hall–Kier alpha value is -3.56. The smallest absolute Gasteiger partial charge is 0.268 e. The van der Waals surface area contributed by atoms with E-state index in [2.05, 4.69) is 0 Å². The second-order valence-corrected chi connectivity index (χ2v) is 8.37. The summed E-state index contributed by atoms with van der Waals surface area (Å²) >= 11 is 0. The first kappa shape index (κ1) is 18.8. The molecule has 29 heavy (non-hydrogen) atoms. The molecular formula is C23H18N2O3S. The zero-order valence-corrected chi connectivity index (χ0v) is 16.3. The summed E-state index contributed by atoms with van der Waals surface area (Å²) in [6.45, 7) is -0.00373. The molecule has 3 aromatic carbocycles. The van der Waals surface area contributed by atoms with Crippen molar-refractivity contribution in [3.63, 3.8) is 0 Å². The molecule has 0 atom stereocenters. The molecule has 0 aliphatic carbocycles. The molecule has 1 heterocycles. The molecule has 0 unspecified atom stereocenters. The molecule has 0 aliphatic rings. The molecular weight excluding hydrogens is 384 g/mol. The average Bonchev–Trinajstić information content (AvgIpc) is 3.18. The van der Waals surface area contributed by atoms with Gasteiger partial charge in [-0.25, -0.2) is 12.4 Å². The third kappa shape index (κ3) is 3.73. The Morgan fingerprint density at radius 3 is 2.48 bits per heavy atom. The van der Waals surface area contributed by atoms with Crippen LogP contribution in [-0.2, 0) is 16.4 Å². The van der Waals surface area contributed by atoms with Gasteiger partial charge in [0.2, 0.25) is 0 Å². The summed E-state index contributed by atoms with van der Waals surface area (Å²) in [6.07, 6.45) is 2.20. The van der Waals surface area contributed by atoms with E-state index in [0.29, 0.717) is 17.7 Å². The maximum Gasteiger partial charge on any atom is 0.268 e. The zero-order chi connectivity index (χ0) is 20.3. The van der Waals surface area contributed by atoms with Crippen LogP contribution in [0.2, 0.25) is 0 Å². The highest BCUT2D eigenvalue weighted by atomic mass is 32.2. The predicted octanol–water partition coefficient (Wildman–Crippen LogP) is 4.37. The summed E-state index contributed by atoms with van der Waals surface area (Å²) in [7, 11) is -3.64. The zero-order valence-electron chi connectivity index (χ0n) is 15.5. The number of fused-ring (bicyclic) bond motifs is 1. The van der Waals surface area contributed by atoms with Crippen molar-refractivity contribution < 1.29 is 13.2 Å². The Balaban J connectivity index is 1.67. The minimum Gasteiger partial charge on any atom is -0.478 e. The van der Waals surface area contributed by atoms with Crippen molar-refractivity contribution in [2.24, 2.45) is 0 Å². The van der Waals surface area contributed by atoms with Crippen LogP contribution >= 0.6 is 0 Å². The number of hydrogen-bond acceptors (Lipinski definition) is 4. The van der Waals surface area contributed by atoms with E-state index in [1.807, 2.05) is 48.5 Å². The third-order valence-corrected chi connectivity index (χ3v) is 6.38. The molecule has 4 rings (SSSR count). The summed E-state index contributed by atoms with van der Waals surface area (Å²) in [4.78, 5) is 0.255. The monoisotopic (exact) mass is 402 g/mol. The molecule has 0 amide bonds. The molecule has 0 radical (unpaired) electrons. The van der Waals surface area contributed by atoms with Crippen LogP contribution in [0.5, 0.6) is 5.75 Å². The van der Waals surface area contributed by atoms with E-state index in [0.717, 1.165) is 16.5 Å². The van der Waals surface area contributed by atoms with E-state index >= 15 is 0 Å². The van der Waals surface area contributed by atoms with Gasteiger partial charge in [-0.3, -0.25) is 0 Å². The van der Waals surface area contributed by atoms with Gasteiger partial charge in [0.25, 0.3) is 10.0 Å². The lowest BCUT2D eigenvalue weighted by atomic mass is 10.0. The van der Waals surface area contributed by atoms with Crippen molar-refractivity contribution >= 4 is 20.9 Å². The molecule has 0 spiro atoms. The number of hydrogen-bond donors (Lipinski definition) is 0. The number of benzene rings is 3. The van der Waals surface area contributed by atoms with Gasteiger partial charge in [-0.2, -0.15) is 5.26 Å². The molecule has 144 valence electrons. The van der Waals surface area contributed by atoms with E-state index in [1.165, 1.54) is 3.97 Å². The summed E-state index contributed by atoms with van der Waals surface area (Å²) in [5.74, 6) is 0.679. The van der Waals surface area contributed by atoms with Crippen LogP contribution < -0.4 is 4.74 Å². The fourth-order valence-corrected chi connectivity index (χ4v) is 4.69. The van der Waals surface area contributed by atoms with Crippen LogP contribution in [0.1, 0.15) is 11.1 Å². The lowest BCUT2D eigenvalue weighted by Gasteiger charge is -2.10. The molecule has 5 nitrogen and oxygen atoms in total. The summed E-state index contributed by atoms with van der Waals surface area (Å²) in [5.41, 5.74) is 2.63.